The molecule has 20 heavy (non-hydrogen) atoms. The fourth-order valence-electron chi connectivity index (χ4n) is 0.207. The first kappa shape index (κ1) is 28.3. The van der Waals surface area contributed by atoms with Gasteiger partial charge in [-0.2, -0.15) is 12.0 Å². The fraction of sp³-hybridized carbons (Fsp3) is 0. The van der Waals surface area contributed by atoms with Crippen LogP contribution in [0.2, 0.25) is 0 Å². The van der Waals surface area contributed by atoms with Crippen LogP contribution in [0, 0.1) is 0 Å². The second-order valence-corrected chi connectivity index (χ2v) is 6.18. The van der Waals surface area contributed by atoms with Gasteiger partial charge in [-0.3, -0.25) is 4.55 Å². The minimum absolute atomic E-state index is 0. The van der Waals surface area contributed by atoms with E-state index >= 15 is 0 Å². The molecule has 15 nitrogen and oxygen atoms in total. The number of rotatable bonds is 4. The molecule has 0 aliphatic heterocycles. The molecule has 0 unspecified atom stereocenters. The SMILES string of the molecule is N.O=S(=O)([O-])OS(=O)(=O)O.O=S(=O)([O-])OS(=O)(=O)[O-].[Rh+3]. The first-order valence-electron chi connectivity index (χ1n) is 2.68. The second-order valence-electron chi connectivity index (χ2n) is 1.79. The molecule has 20 heteroatoms. The fourth-order valence-corrected chi connectivity index (χ4v) is 1.87. The molecule has 0 spiro atoms. The van der Waals surface area contributed by atoms with Gasteiger partial charge in [-0.05, 0) is 0 Å². The Bertz CT molecular complexity index is 537. The van der Waals surface area contributed by atoms with Crippen molar-refractivity contribution >= 4 is 41.6 Å². The predicted octanol–water partition coefficient (Wildman–Crippen LogP) is -3.65. The zero-order chi connectivity index (χ0) is 15.4. The van der Waals surface area contributed by atoms with Crippen molar-refractivity contribution < 1.29 is 78.6 Å². The summed E-state index contributed by atoms with van der Waals surface area (Å²) in [4.78, 5) is 0. The Balaban J connectivity index is -0.000000116. The van der Waals surface area contributed by atoms with Gasteiger partial charge in [-0.25, -0.2) is 25.3 Å². The molecule has 126 valence electrons. The van der Waals surface area contributed by atoms with Gasteiger partial charge in [0, 0.05) is 0 Å². The van der Waals surface area contributed by atoms with E-state index in [1.54, 1.807) is 0 Å². The zero-order valence-electron chi connectivity index (χ0n) is 8.43. The first-order chi connectivity index (χ1) is 7.41. The maximum atomic E-state index is 9.40. The van der Waals surface area contributed by atoms with E-state index in [-0.39, 0.29) is 25.6 Å². The van der Waals surface area contributed by atoms with E-state index in [1.165, 1.54) is 0 Å². The maximum absolute atomic E-state index is 9.40. The Labute approximate surface area is 126 Å². The molecule has 0 heterocycles. The van der Waals surface area contributed by atoms with Gasteiger partial charge in [-0.1, -0.05) is 0 Å². The Kier molecular flexibility index (Phi) is 13.1. The molecule has 0 aromatic rings. The quantitative estimate of drug-likeness (QED) is 0.226. The van der Waals surface area contributed by atoms with Crippen molar-refractivity contribution in [2.45, 2.75) is 0 Å². The molecule has 0 aliphatic rings. The third kappa shape index (κ3) is 36.2. The summed E-state index contributed by atoms with van der Waals surface area (Å²) in [6.45, 7) is 0. The van der Waals surface area contributed by atoms with Crippen molar-refractivity contribution in [3.8, 4) is 0 Å². The van der Waals surface area contributed by atoms with Crippen LogP contribution >= 0.6 is 0 Å². The third-order valence-electron chi connectivity index (χ3n) is 0.336. The molecule has 0 fully saturated rings. The van der Waals surface area contributed by atoms with Crippen LogP contribution in [-0.4, -0.2) is 51.9 Å². The van der Waals surface area contributed by atoms with Crippen LogP contribution in [-0.2, 0) is 68.3 Å². The Morgan fingerprint density at radius 3 is 0.850 bits per heavy atom. The van der Waals surface area contributed by atoms with Crippen molar-refractivity contribution in [3.05, 3.63) is 0 Å². The Morgan fingerprint density at radius 2 is 0.850 bits per heavy atom. The van der Waals surface area contributed by atoms with E-state index in [2.05, 4.69) is 7.26 Å². The van der Waals surface area contributed by atoms with Gasteiger partial charge in [-0.15, -0.1) is 3.63 Å². The summed E-state index contributed by atoms with van der Waals surface area (Å²) in [5.41, 5.74) is 0. The topological polar surface area (TPSA) is 279 Å². The molecule has 0 rings (SSSR count). The van der Waals surface area contributed by atoms with Crippen molar-refractivity contribution in [1.82, 2.24) is 6.15 Å². The molecule has 0 aliphatic carbocycles. The van der Waals surface area contributed by atoms with E-state index in [0.29, 0.717) is 0 Å². The maximum Gasteiger partial charge on any atom is 3.00 e. The van der Waals surface area contributed by atoms with Crippen molar-refractivity contribution in [2.24, 2.45) is 0 Å². The molecule has 0 aromatic carbocycles. The van der Waals surface area contributed by atoms with Crippen LogP contribution in [0.4, 0.5) is 0 Å². The van der Waals surface area contributed by atoms with Crippen LogP contribution in [0.1, 0.15) is 0 Å². The Hall–Kier alpha value is 0.143. The van der Waals surface area contributed by atoms with Crippen molar-refractivity contribution in [1.29, 1.82) is 0 Å². The summed E-state index contributed by atoms with van der Waals surface area (Å²) in [6, 6.07) is 0. The summed E-state index contributed by atoms with van der Waals surface area (Å²) >= 11 is 0. The smallest absolute Gasteiger partial charge is 0.725 e. The van der Waals surface area contributed by atoms with E-state index in [4.69, 9.17) is 4.55 Å². The molecule has 0 radical (unpaired) electrons. The summed E-state index contributed by atoms with van der Waals surface area (Å²) in [6.07, 6.45) is 0. The van der Waals surface area contributed by atoms with Gasteiger partial charge in [0.1, 0.15) is 0 Å². The predicted molar refractivity (Wildman–Crippen MR) is 47.8 cm³/mol. The molecular weight excluding hydrogens is 469 g/mol. The van der Waals surface area contributed by atoms with Gasteiger partial charge in [0.15, 0.2) is 0 Å². The summed E-state index contributed by atoms with van der Waals surface area (Å²) in [7, 11) is -21.4. The molecule has 0 amide bonds. The van der Waals surface area contributed by atoms with Gasteiger partial charge in [0.25, 0.3) is 0 Å². The van der Waals surface area contributed by atoms with Gasteiger partial charge in [0.05, 0.1) is 0 Å². The number of hydrogen-bond acceptors (Lipinski definition) is 14. The number of hydrogen-bond donors (Lipinski definition) is 2. The zero-order valence-corrected chi connectivity index (χ0v) is 13.3. The van der Waals surface area contributed by atoms with Gasteiger partial charge >= 0.3 is 29.9 Å². The molecule has 0 bridgehead atoms. The van der Waals surface area contributed by atoms with Crippen molar-refractivity contribution in [3.63, 3.8) is 0 Å². The second kappa shape index (κ2) is 9.22. The van der Waals surface area contributed by atoms with Crippen LogP contribution in [0.15, 0.2) is 0 Å². The van der Waals surface area contributed by atoms with Crippen LogP contribution < -0.4 is 6.15 Å². The monoisotopic (exact) mass is 473 g/mol. The van der Waals surface area contributed by atoms with Crippen molar-refractivity contribution in [2.75, 3.05) is 0 Å². The Morgan fingerprint density at radius 1 is 0.650 bits per heavy atom. The molecule has 0 aromatic heterocycles. The van der Waals surface area contributed by atoms with Gasteiger partial charge < -0.3 is 19.8 Å². The summed E-state index contributed by atoms with van der Waals surface area (Å²) < 4.78 is 115. The standard InChI is InChI=1S/H3N.2H2O7S2.Rh/c;2*1-8(2,3)7-9(4,5)6;/h1H3;2*(H,1,2,3)(H,4,5,6);/q;;;+3/p-3. The van der Waals surface area contributed by atoms with E-state index in [1.807, 2.05) is 0 Å². The average Bonchev–Trinajstić information content (AvgIpc) is 1.64. The minimum atomic E-state index is -5.43. The van der Waals surface area contributed by atoms with Crippen LogP contribution in [0.5, 0.6) is 0 Å². The van der Waals surface area contributed by atoms with E-state index in [0.717, 1.165) is 0 Å². The molecule has 0 saturated carbocycles. The van der Waals surface area contributed by atoms with Crippen LogP contribution in [0.25, 0.3) is 0 Å². The largest absolute Gasteiger partial charge is 3.00 e. The van der Waals surface area contributed by atoms with E-state index < -0.39 is 41.6 Å². The normalized spacial score (nSPS) is 12.2. The summed E-state index contributed by atoms with van der Waals surface area (Å²) in [5.74, 6) is 0. The first-order valence-corrected chi connectivity index (χ1v) is 8.05. The van der Waals surface area contributed by atoms with Gasteiger partial charge in [0.2, 0.25) is 31.2 Å². The third-order valence-corrected chi connectivity index (χ3v) is 3.02. The average molecular weight is 473 g/mol. The molecule has 0 atom stereocenters. The molecular formula is H4NO14RhS4. The minimum Gasteiger partial charge on any atom is -0.725 e. The summed E-state index contributed by atoms with van der Waals surface area (Å²) in [5, 5.41) is 0. The molecule has 4 N–H and O–H groups in total. The van der Waals surface area contributed by atoms with Crippen LogP contribution in [0.3, 0.4) is 0 Å². The molecule has 0 saturated heterocycles. The van der Waals surface area contributed by atoms with E-state index in [9.17, 15) is 47.3 Å².